The standard InChI is InChI=1S/C14H14N4O3/c15-9-13-10-16-6-7-17(13)14(19)5-4-11-2-1-3-12(8-11)18(20)21/h1-5,8,13,16H,6-7,10H2. The number of nitro groups is 1. The number of piperazine rings is 1. The Hall–Kier alpha value is -2.72. The highest BCUT2D eigenvalue weighted by atomic mass is 16.6. The summed E-state index contributed by atoms with van der Waals surface area (Å²) in [5.74, 6) is -0.269. The molecule has 0 radical (unpaired) electrons. The van der Waals surface area contributed by atoms with Crippen molar-refractivity contribution in [3.8, 4) is 6.07 Å². The zero-order chi connectivity index (χ0) is 15.2. The number of amides is 1. The number of rotatable bonds is 3. The molecule has 1 aliphatic rings. The number of carbonyl (C=O) groups excluding carboxylic acids is 1. The van der Waals surface area contributed by atoms with Crippen molar-refractivity contribution in [2.45, 2.75) is 6.04 Å². The average Bonchev–Trinajstić information content (AvgIpc) is 2.52. The summed E-state index contributed by atoms with van der Waals surface area (Å²) < 4.78 is 0. The van der Waals surface area contributed by atoms with Gasteiger partial charge >= 0.3 is 0 Å². The molecule has 1 unspecified atom stereocenters. The number of nitro benzene ring substituents is 1. The summed E-state index contributed by atoms with van der Waals surface area (Å²) in [6, 6.07) is 7.61. The van der Waals surface area contributed by atoms with Crippen molar-refractivity contribution in [3.05, 3.63) is 46.0 Å². The summed E-state index contributed by atoms with van der Waals surface area (Å²) in [5.41, 5.74) is 0.544. The number of hydrogen-bond acceptors (Lipinski definition) is 5. The molecular formula is C14H14N4O3. The van der Waals surface area contributed by atoms with E-state index in [4.69, 9.17) is 5.26 Å². The number of benzene rings is 1. The van der Waals surface area contributed by atoms with Gasteiger partial charge in [0.1, 0.15) is 6.04 Å². The molecule has 1 atom stereocenters. The Labute approximate surface area is 121 Å². The van der Waals surface area contributed by atoms with Gasteiger partial charge in [0.15, 0.2) is 0 Å². The number of carbonyl (C=O) groups is 1. The molecule has 1 N–H and O–H groups in total. The molecule has 0 bridgehead atoms. The smallest absolute Gasteiger partial charge is 0.270 e. The molecule has 0 aromatic heterocycles. The Morgan fingerprint density at radius 1 is 1.57 bits per heavy atom. The van der Waals surface area contributed by atoms with Crippen molar-refractivity contribution >= 4 is 17.7 Å². The van der Waals surface area contributed by atoms with Crippen molar-refractivity contribution in [2.24, 2.45) is 0 Å². The van der Waals surface area contributed by atoms with E-state index in [2.05, 4.69) is 11.4 Å². The monoisotopic (exact) mass is 286 g/mol. The summed E-state index contributed by atoms with van der Waals surface area (Å²) in [4.78, 5) is 23.8. The van der Waals surface area contributed by atoms with Gasteiger partial charge in [0.05, 0.1) is 11.0 Å². The van der Waals surface area contributed by atoms with Gasteiger partial charge in [-0.15, -0.1) is 0 Å². The lowest BCUT2D eigenvalue weighted by Gasteiger charge is -2.31. The van der Waals surface area contributed by atoms with E-state index in [1.165, 1.54) is 29.2 Å². The van der Waals surface area contributed by atoms with E-state index in [1.54, 1.807) is 12.1 Å². The highest BCUT2D eigenvalue weighted by molar-refractivity contribution is 5.92. The third-order valence-electron chi connectivity index (χ3n) is 3.17. The van der Waals surface area contributed by atoms with Crippen LogP contribution in [0.15, 0.2) is 30.3 Å². The van der Waals surface area contributed by atoms with Crippen molar-refractivity contribution in [3.63, 3.8) is 0 Å². The summed E-state index contributed by atoms with van der Waals surface area (Å²) in [5, 5.41) is 22.7. The van der Waals surface area contributed by atoms with Crippen LogP contribution in [0.1, 0.15) is 5.56 Å². The third kappa shape index (κ3) is 3.64. The molecule has 0 spiro atoms. The summed E-state index contributed by atoms with van der Waals surface area (Å²) in [7, 11) is 0. The van der Waals surface area contributed by atoms with Gasteiger partial charge in [0.2, 0.25) is 5.91 Å². The number of nitrogens with one attached hydrogen (secondary N) is 1. The van der Waals surface area contributed by atoms with E-state index >= 15 is 0 Å². The quantitative estimate of drug-likeness (QED) is 0.506. The molecule has 1 aromatic rings. The van der Waals surface area contributed by atoms with Crippen molar-refractivity contribution < 1.29 is 9.72 Å². The highest BCUT2D eigenvalue weighted by Gasteiger charge is 2.24. The van der Waals surface area contributed by atoms with Crippen molar-refractivity contribution in [1.82, 2.24) is 10.2 Å². The summed E-state index contributed by atoms with van der Waals surface area (Å²) >= 11 is 0. The lowest BCUT2D eigenvalue weighted by Crippen LogP contribution is -2.52. The zero-order valence-electron chi connectivity index (χ0n) is 11.2. The van der Waals surface area contributed by atoms with Gasteiger partial charge in [0, 0.05) is 37.8 Å². The van der Waals surface area contributed by atoms with Crippen LogP contribution in [-0.2, 0) is 4.79 Å². The number of hydrogen-bond donors (Lipinski definition) is 1. The van der Waals surface area contributed by atoms with Gasteiger partial charge in [-0.05, 0) is 11.6 Å². The molecule has 7 nitrogen and oxygen atoms in total. The normalized spacial score (nSPS) is 18.4. The van der Waals surface area contributed by atoms with Crippen LogP contribution >= 0.6 is 0 Å². The van der Waals surface area contributed by atoms with E-state index in [-0.39, 0.29) is 11.6 Å². The minimum atomic E-state index is -0.485. The lowest BCUT2D eigenvalue weighted by atomic mass is 10.1. The molecule has 1 amide bonds. The van der Waals surface area contributed by atoms with E-state index in [0.29, 0.717) is 25.2 Å². The predicted molar refractivity (Wildman–Crippen MR) is 76.1 cm³/mol. The fourth-order valence-corrected chi connectivity index (χ4v) is 2.09. The van der Waals surface area contributed by atoms with Gasteiger partial charge in [-0.25, -0.2) is 0 Å². The highest BCUT2D eigenvalue weighted by Crippen LogP contribution is 2.14. The number of nitriles is 1. The molecule has 1 fully saturated rings. The molecule has 1 aromatic carbocycles. The van der Waals surface area contributed by atoms with Crippen LogP contribution in [0.2, 0.25) is 0 Å². The van der Waals surface area contributed by atoms with Crippen LogP contribution in [-0.4, -0.2) is 41.4 Å². The second-order valence-corrected chi connectivity index (χ2v) is 4.57. The van der Waals surface area contributed by atoms with Crippen LogP contribution in [0.3, 0.4) is 0 Å². The van der Waals surface area contributed by atoms with Crippen molar-refractivity contribution in [2.75, 3.05) is 19.6 Å². The lowest BCUT2D eigenvalue weighted by molar-refractivity contribution is -0.384. The Balaban J connectivity index is 2.10. The first-order valence-electron chi connectivity index (χ1n) is 6.45. The fourth-order valence-electron chi connectivity index (χ4n) is 2.09. The van der Waals surface area contributed by atoms with E-state index in [9.17, 15) is 14.9 Å². The maximum absolute atomic E-state index is 12.1. The van der Waals surface area contributed by atoms with E-state index in [0.717, 1.165) is 0 Å². The second kappa shape index (κ2) is 6.63. The first-order valence-corrected chi connectivity index (χ1v) is 6.45. The Kier molecular flexibility index (Phi) is 4.64. The third-order valence-corrected chi connectivity index (χ3v) is 3.17. The van der Waals surface area contributed by atoms with Gasteiger partial charge in [-0.3, -0.25) is 14.9 Å². The minimum Gasteiger partial charge on any atom is -0.321 e. The Morgan fingerprint density at radius 2 is 2.38 bits per heavy atom. The maximum Gasteiger partial charge on any atom is 0.270 e. The zero-order valence-corrected chi connectivity index (χ0v) is 11.2. The Morgan fingerprint density at radius 3 is 3.10 bits per heavy atom. The minimum absolute atomic E-state index is 0.0262. The predicted octanol–water partition coefficient (Wildman–Crippen LogP) is 0.932. The van der Waals surface area contributed by atoms with Gasteiger partial charge < -0.3 is 10.2 Å². The molecular weight excluding hydrogens is 272 g/mol. The van der Waals surface area contributed by atoms with Crippen LogP contribution in [0.5, 0.6) is 0 Å². The molecule has 0 aliphatic carbocycles. The van der Waals surface area contributed by atoms with Crippen LogP contribution < -0.4 is 5.32 Å². The molecule has 1 heterocycles. The number of non-ortho nitro benzene ring substituents is 1. The van der Waals surface area contributed by atoms with Crippen LogP contribution in [0.4, 0.5) is 5.69 Å². The van der Waals surface area contributed by atoms with Crippen molar-refractivity contribution in [1.29, 1.82) is 5.26 Å². The first kappa shape index (κ1) is 14.7. The molecule has 21 heavy (non-hydrogen) atoms. The Bertz CT molecular complexity index is 621. The van der Waals surface area contributed by atoms with Gasteiger partial charge in [0.25, 0.3) is 5.69 Å². The molecule has 7 heteroatoms. The SMILES string of the molecule is N#CC1CNCCN1C(=O)C=Cc1cccc([N+](=O)[O-])c1. The van der Waals surface area contributed by atoms with Gasteiger partial charge in [-0.1, -0.05) is 12.1 Å². The second-order valence-electron chi connectivity index (χ2n) is 4.57. The van der Waals surface area contributed by atoms with E-state index < -0.39 is 11.0 Å². The van der Waals surface area contributed by atoms with Crippen LogP contribution in [0.25, 0.3) is 6.08 Å². The maximum atomic E-state index is 12.1. The fraction of sp³-hybridized carbons (Fsp3) is 0.286. The first-order chi connectivity index (χ1) is 10.1. The summed E-state index contributed by atoms with van der Waals surface area (Å²) in [6.07, 6.45) is 2.86. The molecule has 0 saturated carbocycles. The number of nitrogens with zero attached hydrogens (tertiary/aromatic N) is 3. The molecule has 2 rings (SSSR count). The largest absolute Gasteiger partial charge is 0.321 e. The molecule has 1 saturated heterocycles. The molecule has 1 aliphatic heterocycles. The van der Waals surface area contributed by atoms with E-state index in [1.807, 2.05) is 0 Å². The average molecular weight is 286 g/mol. The van der Waals surface area contributed by atoms with Crippen LogP contribution in [0, 0.1) is 21.4 Å². The topological polar surface area (TPSA) is 99.3 Å². The van der Waals surface area contributed by atoms with Gasteiger partial charge in [-0.2, -0.15) is 5.26 Å². The molecule has 108 valence electrons. The summed E-state index contributed by atoms with van der Waals surface area (Å²) in [6.45, 7) is 1.57.